The van der Waals surface area contributed by atoms with Gasteiger partial charge in [0.2, 0.25) is 0 Å². The Kier molecular flexibility index (Phi) is 8.76. The predicted molar refractivity (Wildman–Crippen MR) is 212 cm³/mol. The van der Waals surface area contributed by atoms with Crippen LogP contribution in [0.5, 0.6) is 0 Å². The molecule has 8 rings (SSSR count). The van der Waals surface area contributed by atoms with Gasteiger partial charge >= 0.3 is 0 Å². The Hall–Kier alpha value is -6.59. The summed E-state index contributed by atoms with van der Waals surface area (Å²) in [6, 6.07) is 50.3. The summed E-state index contributed by atoms with van der Waals surface area (Å²) < 4.78 is 0. The molecule has 0 fully saturated rings. The summed E-state index contributed by atoms with van der Waals surface area (Å²) in [6.07, 6.45) is 1.86. The predicted octanol–water partition coefficient (Wildman–Crippen LogP) is 11.6. The highest BCUT2D eigenvalue weighted by Crippen LogP contribution is 2.31. The molecule has 5 heteroatoms. The highest BCUT2D eigenvalue weighted by molar-refractivity contribution is 5.75. The zero-order valence-electron chi connectivity index (χ0n) is 29.7. The second-order valence-corrected chi connectivity index (χ2v) is 13.4. The molecular formula is C47H37N5. The van der Waals surface area contributed by atoms with Crippen LogP contribution in [0.2, 0.25) is 0 Å². The molecule has 0 bridgehead atoms. The zero-order chi connectivity index (χ0) is 35.6. The van der Waals surface area contributed by atoms with E-state index < -0.39 is 0 Å². The summed E-state index contributed by atoms with van der Waals surface area (Å²) in [5, 5.41) is 0. The average molecular weight is 672 g/mol. The molecule has 0 saturated heterocycles. The third-order valence-electron chi connectivity index (χ3n) is 9.30. The van der Waals surface area contributed by atoms with E-state index in [4.69, 9.17) is 24.9 Å². The molecule has 52 heavy (non-hydrogen) atoms. The SMILES string of the molecule is Cc1ccc(-c2cc(-c3ccc(C)cc3)nc(-c3ccc(-c4ccc(-c5nc(-c6ccc(C)cc6)cc(-c6ccc(C)cc6)n5)cn4)cc3)n2)cc1. The molecule has 0 radical (unpaired) electrons. The van der Waals surface area contributed by atoms with Crippen LogP contribution in [0.25, 0.3) is 79.1 Å². The van der Waals surface area contributed by atoms with Crippen molar-refractivity contribution < 1.29 is 0 Å². The third kappa shape index (κ3) is 7.03. The van der Waals surface area contributed by atoms with E-state index in [0.717, 1.165) is 67.4 Å². The molecule has 0 aliphatic heterocycles. The van der Waals surface area contributed by atoms with Crippen molar-refractivity contribution in [3.63, 3.8) is 0 Å². The highest BCUT2D eigenvalue weighted by atomic mass is 14.9. The Morgan fingerprint density at radius 2 is 0.538 bits per heavy atom. The van der Waals surface area contributed by atoms with Gasteiger partial charge < -0.3 is 0 Å². The van der Waals surface area contributed by atoms with Crippen LogP contribution in [0, 0.1) is 27.7 Å². The van der Waals surface area contributed by atoms with Crippen LogP contribution in [0.3, 0.4) is 0 Å². The van der Waals surface area contributed by atoms with Gasteiger partial charge in [0.1, 0.15) is 0 Å². The van der Waals surface area contributed by atoms with Crippen molar-refractivity contribution in [3.05, 3.63) is 174 Å². The van der Waals surface area contributed by atoms with Gasteiger partial charge in [0.25, 0.3) is 0 Å². The molecule has 0 aliphatic carbocycles. The first-order valence-electron chi connectivity index (χ1n) is 17.5. The van der Waals surface area contributed by atoms with Crippen molar-refractivity contribution in [3.8, 4) is 79.1 Å². The molecule has 0 amide bonds. The molecule has 0 saturated carbocycles. The second-order valence-electron chi connectivity index (χ2n) is 13.4. The molecule has 3 heterocycles. The highest BCUT2D eigenvalue weighted by Gasteiger charge is 2.14. The lowest BCUT2D eigenvalue weighted by Gasteiger charge is -2.11. The number of hydrogen-bond donors (Lipinski definition) is 0. The molecule has 0 spiro atoms. The number of aromatic nitrogens is 5. The fraction of sp³-hybridized carbons (Fsp3) is 0.0851. The van der Waals surface area contributed by atoms with Crippen molar-refractivity contribution in [2.45, 2.75) is 27.7 Å². The maximum Gasteiger partial charge on any atom is 0.161 e. The van der Waals surface area contributed by atoms with E-state index in [1.807, 2.05) is 18.3 Å². The number of nitrogens with zero attached hydrogens (tertiary/aromatic N) is 5. The first-order chi connectivity index (χ1) is 25.3. The zero-order valence-corrected chi connectivity index (χ0v) is 29.7. The van der Waals surface area contributed by atoms with Crippen molar-refractivity contribution in [2.24, 2.45) is 0 Å². The van der Waals surface area contributed by atoms with Gasteiger partial charge in [-0.15, -0.1) is 0 Å². The first-order valence-corrected chi connectivity index (χ1v) is 17.5. The van der Waals surface area contributed by atoms with Crippen LogP contribution in [-0.2, 0) is 0 Å². The second kappa shape index (κ2) is 14.0. The third-order valence-corrected chi connectivity index (χ3v) is 9.30. The van der Waals surface area contributed by atoms with Crippen LogP contribution in [0.1, 0.15) is 22.3 Å². The smallest absolute Gasteiger partial charge is 0.161 e. The maximum atomic E-state index is 5.02. The normalized spacial score (nSPS) is 11.1. The van der Waals surface area contributed by atoms with Gasteiger partial charge in [-0.25, -0.2) is 19.9 Å². The lowest BCUT2D eigenvalue weighted by atomic mass is 10.0. The van der Waals surface area contributed by atoms with Crippen LogP contribution in [0.15, 0.2) is 152 Å². The molecule has 8 aromatic rings. The van der Waals surface area contributed by atoms with E-state index in [2.05, 4.69) is 161 Å². The molecule has 0 aliphatic rings. The van der Waals surface area contributed by atoms with Crippen LogP contribution in [0.4, 0.5) is 0 Å². The van der Waals surface area contributed by atoms with Crippen molar-refractivity contribution >= 4 is 0 Å². The molecule has 0 atom stereocenters. The van der Waals surface area contributed by atoms with Crippen molar-refractivity contribution in [1.82, 2.24) is 24.9 Å². The van der Waals surface area contributed by atoms with Gasteiger partial charge in [-0.3, -0.25) is 4.98 Å². The lowest BCUT2D eigenvalue weighted by molar-refractivity contribution is 1.17. The molecular weight excluding hydrogens is 635 g/mol. The average Bonchev–Trinajstić information content (AvgIpc) is 3.19. The summed E-state index contributed by atoms with van der Waals surface area (Å²) >= 11 is 0. The molecule has 0 unspecified atom stereocenters. The summed E-state index contributed by atoms with van der Waals surface area (Å²) in [6.45, 7) is 8.37. The fourth-order valence-corrected chi connectivity index (χ4v) is 6.13. The minimum Gasteiger partial charge on any atom is -0.255 e. The topological polar surface area (TPSA) is 64.5 Å². The van der Waals surface area contributed by atoms with Crippen LogP contribution < -0.4 is 0 Å². The number of rotatable bonds is 7. The number of pyridine rings is 1. The Morgan fingerprint density at radius 1 is 0.269 bits per heavy atom. The monoisotopic (exact) mass is 671 g/mol. The van der Waals surface area contributed by atoms with E-state index >= 15 is 0 Å². The van der Waals surface area contributed by atoms with E-state index in [-0.39, 0.29) is 0 Å². The van der Waals surface area contributed by atoms with Gasteiger partial charge in [-0.2, -0.15) is 0 Å². The van der Waals surface area contributed by atoms with Gasteiger partial charge in [0.05, 0.1) is 28.5 Å². The minimum atomic E-state index is 0.637. The molecule has 3 aromatic heterocycles. The minimum absolute atomic E-state index is 0.637. The number of hydrogen-bond acceptors (Lipinski definition) is 5. The molecule has 250 valence electrons. The summed E-state index contributed by atoms with van der Waals surface area (Å²) in [7, 11) is 0. The van der Waals surface area contributed by atoms with E-state index in [1.54, 1.807) is 0 Å². The Labute approximate surface area is 304 Å². The number of aryl methyl sites for hydroxylation is 4. The Bertz CT molecular complexity index is 2180. The Balaban J connectivity index is 1.11. The summed E-state index contributed by atoms with van der Waals surface area (Å²) in [5.41, 5.74) is 16.2. The molecule has 5 nitrogen and oxygen atoms in total. The summed E-state index contributed by atoms with van der Waals surface area (Å²) in [4.78, 5) is 24.9. The Morgan fingerprint density at radius 3 is 0.865 bits per heavy atom. The lowest BCUT2D eigenvalue weighted by Crippen LogP contribution is -1.97. The van der Waals surface area contributed by atoms with Gasteiger partial charge in [0.15, 0.2) is 11.6 Å². The summed E-state index contributed by atoms with van der Waals surface area (Å²) in [5.74, 6) is 1.32. The fourth-order valence-electron chi connectivity index (χ4n) is 6.13. The van der Waals surface area contributed by atoms with Crippen molar-refractivity contribution in [1.29, 1.82) is 0 Å². The van der Waals surface area contributed by atoms with Gasteiger partial charge in [-0.1, -0.05) is 144 Å². The molecule has 0 N–H and O–H groups in total. The quantitative estimate of drug-likeness (QED) is 0.169. The van der Waals surface area contributed by atoms with E-state index in [1.165, 1.54) is 22.3 Å². The van der Waals surface area contributed by atoms with Crippen molar-refractivity contribution in [2.75, 3.05) is 0 Å². The standard InChI is InChI=1S/C47H37N5/c1-30-5-13-35(14-6-30)42-27-43(36-15-7-31(2)8-16-36)50-46(49-42)39-23-21-34(22-24-39)41-26-25-40(29-48-41)47-51-44(37-17-9-32(3)10-18-37)28-45(52-47)38-19-11-33(4)12-20-38/h5-29H,1-4H3. The van der Waals surface area contributed by atoms with Crippen LogP contribution in [-0.4, -0.2) is 24.9 Å². The van der Waals surface area contributed by atoms with E-state index in [9.17, 15) is 0 Å². The van der Waals surface area contributed by atoms with Gasteiger partial charge in [0, 0.05) is 45.1 Å². The molecule has 5 aromatic carbocycles. The number of benzene rings is 5. The van der Waals surface area contributed by atoms with E-state index in [0.29, 0.717) is 11.6 Å². The van der Waals surface area contributed by atoms with Gasteiger partial charge in [-0.05, 0) is 52.0 Å². The largest absolute Gasteiger partial charge is 0.255 e. The van der Waals surface area contributed by atoms with Crippen LogP contribution >= 0.6 is 0 Å². The first kappa shape index (κ1) is 32.6. The maximum absolute atomic E-state index is 5.02.